The number of rotatable bonds is 2. The minimum Gasteiger partial charge on any atom is -0.290 e. The number of aliphatic imine (C=N–C) groups is 1. The lowest BCUT2D eigenvalue weighted by Crippen LogP contribution is -2.20. The molecule has 0 radical (unpaired) electrons. The Labute approximate surface area is 90.6 Å². The van der Waals surface area contributed by atoms with Crippen LogP contribution in [-0.4, -0.2) is 17.6 Å². The van der Waals surface area contributed by atoms with E-state index in [0.717, 1.165) is 12.1 Å². The van der Waals surface area contributed by atoms with Crippen molar-refractivity contribution in [3.63, 3.8) is 0 Å². The van der Waals surface area contributed by atoms with Crippen LogP contribution in [0.3, 0.4) is 0 Å². The zero-order valence-electron chi connectivity index (χ0n) is 8.54. The number of benzene rings is 1. The van der Waals surface area contributed by atoms with Crippen LogP contribution in [0.25, 0.3) is 0 Å². The van der Waals surface area contributed by atoms with Gasteiger partial charge in [-0.2, -0.15) is 13.2 Å². The molecule has 3 nitrogen and oxygen atoms in total. The molecule has 0 aliphatic rings. The van der Waals surface area contributed by atoms with Gasteiger partial charge in [-0.25, -0.2) is 0 Å². The fraction of sp³-hybridized carbons (Fsp3) is 0.300. The number of alkyl halides is 3. The van der Waals surface area contributed by atoms with Gasteiger partial charge in [-0.15, -0.1) is 0 Å². The highest BCUT2D eigenvalue weighted by molar-refractivity contribution is 5.97. The van der Waals surface area contributed by atoms with Crippen molar-refractivity contribution in [1.82, 2.24) is 5.48 Å². The van der Waals surface area contributed by atoms with Crippen LogP contribution >= 0.6 is 0 Å². The molecule has 0 saturated heterocycles. The first-order chi connectivity index (χ1) is 7.49. The van der Waals surface area contributed by atoms with Gasteiger partial charge >= 0.3 is 6.18 Å². The van der Waals surface area contributed by atoms with Gasteiger partial charge in [0.1, 0.15) is 0 Å². The monoisotopic (exact) mass is 232 g/mol. The molecule has 0 unspecified atom stereocenters. The molecule has 0 heterocycles. The van der Waals surface area contributed by atoms with Gasteiger partial charge in [0.25, 0.3) is 0 Å². The highest BCUT2D eigenvalue weighted by Crippen LogP contribution is 2.29. The van der Waals surface area contributed by atoms with Crippen molar-refractivity contribution in [2.24, 2.45) is 4.99 Å². The quantitative estimate of drug-likeness (QED) is 0.467. The molecule has 0 bridgehead atoms. The number of hydrogen-bond acceptors (Lipinski definition) is 2. The van der Waals surface area contributed by atoms with Crippen molar-refractivity contribution in [2.75, 3.05) is 6.54 Å². The summed E-state index contributed by atoms with van der Waals surface area (Å²) < 4.78 is 36.8. The summed E-state index contributed by atoms with van der Waals surface area (Å²) in [7, 11) is 0. The molecule has 0 fully saturated rings. The highest BCUT2D eigenvalue weighted by Gasteiger charge is 2.30. The van der Waals surface area contributed by atoms with Gasteiger partial charge in [-0.3, -0.25) is 15.7 Å². The standard InChI is InChI=1S/C10H11F3N2O/c1-2-14-9(15-16)7-3-5-8(6-4-7)10(11,12)13/h3-6,16H,2H2,1H3,(H,14,15). The van der Waals surface area contributed by atoms with Crippen molar-refractivity contribution in [3.8, 4) is 0 Å². The maximum absolute atomic E-state index is 12.3. The van der Waals surface area contributed by atoms with Gasteiger partial charge in [0.05, 0.1) is 5.56 Å². The van der Waals surface area contributed by atoms with Crippen LogP contribution < -0.4 is 5.48 Å². The summed E-state index contributed by atoms with van der Waals surface area (Å²) in [6, 6.07) is 4.39. The smallest absolute Gasteiger partial charge is 0.290 e. The second kappa shape index (κ2) is 4.98. The Morgan fingerprint density at radius 1 is 1.31 bits per heavy atom. The van der Waals surface area contributed by atoms with E-state index in [9.17, 15) is 13.2 Å². The van der Waals surface area contributed by atoms with Gasteiger partial charge in [0.2, 0.25) is 0 Å². The number of hydroxylamine groups is 1. The van der Waals surface area contributed by atoms with Crippen molar-refractivity contribution < 1.29 is 18.4 Å². The van der Waals surface area contributed by atoms with Gasteiger partial charge in [0, 0.05) is 12.1 Å². The van der Waals surface area contributed by atoms with Crippen molar-refractivity contribution in [3.05, 3.63) is 35.4 Å². The molecule has 0 spiro atoms. The maximum Gasteiger partial charge on any atom is 0.416 e. The molecule has 0 aromatic heterocycles. The molecule has 88 valence electrons. The minimum absolute atomic E-state index is 0.149. The number of halogens is 3. The minimum atomic E-state index is -4.35. The predicted octanol–water partition coefficient (Wildman–Crippen LogP) is 2.45. The molecule has 1 aromatic carbocycles. The Bertz CT molecular complexity index is 371. The van der Waals surface area contributed by atoms with Gasteiger partial charge in [-0.05, 0) is 19.1 Å². The Balaban J connectivity index is 2.99. The van der Waals surface area contributed by atoms with Crippen LogP contribution in [0.1, 0.15) is 18.1 Å². The Morgan fingerprint density at radius 3 is 2.25 bits per heavy atom. The van der Waals surface area contributed by atoms with E-state index in [1.807, 2.05) is 5.48 Å². The predicted molar refractivity (Wildman–Crippen MR) is 53.4 cm³/mol. The lowest BCUT2D eigenvalue weighted by molar-refractivity contribution is -0.137. The lowest BCUT2D eigenvalue weighted by Gasteiger charge is -2.08. The zero-order chi connectivity index (χ0) is 12.2. The summed E-state index contributed by atoms with van der Waals surface area (Å²) in [5.74, 6) is 0.149. The summed E-state index contributed by atoms with van der Waals surface area (Å²) >= 11 is 0. The largest absolute Gasteiger partial charge is 0.416 e. The summed E-state index contributed by atoms with van der Waals surface area (Å²) in [4.78, 5) is 3.88. The van der Waals surface area contributed by atoms with Crippen LogP contribution in [0.15, 0.2) is 29.3 Å². The Hall–Kier alpha value is -1.56. The first-order valence-electron chi connectivity index (χ1n) is 4.61. The molecule has 0 amide bonds. The van der Waals surface area contributed by atoms with E-state index in [1.54, 1.807) is 6.92 Å². The molecule has 0 atom stereocenters. The molecular formula is C10H11F3N2O. The van der Waals surface area contributed by atoms with Crippen LogP contribution in [0.4, 0.5) is 13.2 Å². The van der Waals surface area contributed by atoms with E-state index < -0.39 is 11.7 Å². The molecular weight excluding hydrogens is 221 g/mol. The third kappa shape index (κ3) is 2.96. The maximum atomic E-state index is 12.3. The van der Waals surface area contributed by atoms with Crippen LogP contribution in [0, 0.1) is 0 Å². The summed E-state index contributed by atoms with van der Waals surface area (Å²) in [6.07, 6.45) is -4.35. The molecule has 6 heteroatoms. The molecule has 2 N–H and O–H groups in total. The molecule has 1 aromatic rings. The first-order valence-corrected chi connectivity index (χ1v) is 4.61. The van der Waals surface area contributed by atoms with E-state index in [2.05, 4.69) is 4.99 Å². The molecule has 16 heavy (non-hydrogen) atoms. The van der Waals surface area contributed by atoms with Crippen LogP contribution in [0.2, 0.25) is 0 Å². The normalized spacial score (nSPS) is 12.7. The summed E-state index contributed by atoms with van der Waals surface area (Å²) in [5.41, 5.74) is 1.52. The van der Waals surface area contributed by atoms with Crippen molar-refractivity contribution >= 4 is 5.84 Å². The topological polar surface area (TPSA) is 44.6 Å². The van der Waals surface area contributed by atoms with Gasteiger partial charge < -0.3 is 0 Å². The lowest BCUT2D eigenvalue weighted by atomic mass is 10.1. The van der Waals surface area contributed by atoms with Crippen LogP contribution in [0.5, 0.6) is 0 Å². The highest BCUT2D eigenvalue weighted by atomic mass is 19.4. The average Bonchev–Trinajstić information content (AvgIpc) is 2.25. The Morgan fingerprint density at radius 2 is 1.88 bits per heavy atom. The molecule has 0 aliphatic carbocycles. The van der Waals surface area contributed by atoms with Crippen molar-refractivity contribution in [2.45, 2.75) is 13.1 Å². The summed E-state index contributed by atoms with van der Waals surface area (Å²) in [5, 5.41) is 8.74. The third-order valence-electron chi connectivity index (χ3n) is 1.91. The first kappa shape index (κ1) is 12.5. The van der Waals surface area contributed by atoms with E-state index in [4.69, 9.17) is 5.21 Å². The van der Waals surface area contributed by atoms with E-state index >= 15 is 0 Å². The fourth-order valence-electron chi connectivity index (χ4n) is 1.17. The molecule has 0 saturated carbocycles. The Kier molecular flexibility index (Phi) is 3.89. The van der Waals surface area contributed by atoms with Crippen molar-refractivity contribution in [1.29, 1.82) is 0 Å². The van der Waals surface area contributed by atoms with Gasteiger partial charge in [-0.1, -0.05) is 12.1 Å². The summed E-state index contributed by atoms with van der Waals surface area (Å²) in [6.45, 7) is 2.17. The molecule has 1 rings (SSSR count). The number of hydrogen-bond donors (Lipinski definition) is 2. The van der Waals surface area contributed by atoms with Crippen LogP contribution in [-0.2, 0) is 6.18 Å². The SMILES string of the molecule is CCN=C(NO)c1ccc(C(F)(F)F)cc1. The second-order valence-corrected chi connectivity index (χ2v) is 3.01. The zero-order valence-corrected chi connectivity index (χ0v) is 8.54. The average molecular weight is 232 g/mol. The number of amidine groups is 1. The fourth-order valence-corrected chi connectivity index (χ4v) is 1.17. The molecule has 0 aliphatic heterocycles. The second-order valence-electron chi connectivity index (χ2n) is 3.01. The third-order valence-corrected chi connectivity index (χ3v) is 1.91. The van der Waals surface area contributed by atoms with Gasteiger partial charge in [0.15, 0.2) is 5.84 Å². The van der Waals surface area contributed by atoms with E-state index in [0.29, 0.717) is 12.1 Å². The van der Waals surface area contributed by atoms with E-state index in [1.165, 1.54) is 12.1 Å². The van der Waals surface area contributed by atoms with E-state index in [-0.39, 0.29) is 5.84 Å². The number of nitrogens with one attached hydrogen (secondary N) is 1. The number of nitrogens with zero attached hydrogens (tertiary/aromatic N) is 1.